The summed E-state index contributed by atoms with van der Waals surface area (Å²) in [6.45, 7) is 6.61. The van der Waals surface area contributed by atoms with Gasteiger partial charge in [-0.2, -0.15) is 13.2 Å². The summed E-state index contributed by atoms with van der Waals surface area (Å²) in [5.41, 5.74) is -1.29. The van der Waals surface area contributed by atoms with Gasteiger partial charge in [0, 0.05) is 38.1 Å². The third-order valence-electron chi connectivity index (χ3n) is 5.06. The minimum absolute atomic E-state index is 0.0472. The highest BCUT2D eigenvalue weighted by Crippen LogP contribution is 2.26. The van der Waals surface area contributed by atoms with Crippen LogP contribution in [0.25, 0.3) is 0 Å². The lowest BCUT2D eigenvalue weighted by molar-refractivity contribution is -0.138. The molecule has 1 saturated heterocycles. The molecule has 1 aliphatic rings. The average Bonchev–Trinajstić information content (AvgIpc) is 2.68. The number of hydrogen-bond donors (Lipinski definition) is 1. The molecule has 3 rings (SSSR count). The highest BCUT2D eigenvalue weighted by molar-refractivity contribution is 5.69. The Hall–Kier alpha value is -3.11. The molecule has 1 N–H and O–H groups in total. The number of amides is 1. The first kappa shape index (κ1) is 22.6. The number of pyridine rings is 1. The summed E-state index contributed by atoms with van der Waals surface area (Å²) in [5, 5.41) is 0. The Bertz CT molecular complexity index is 965. The van der Waals surface area contributed by atoms with Crippen molar-refractivity contribution in [3.8, 4) is 0 Å². The summed E-state index contributed by atoms with van der Waals surface area (Å²) in [5.74, 6) is 0.593. The lowest BCUT2D eigenvalue weighted by Gasteiger charge is -2.43. The lowest BCUT2D eigenvalue weighted by Crippen LogP contribution is -2.59. The molecule has 0 saturated carbocycles. The predicted molar refractivity (Wildman–Crippen MR) is 107 cm³/mol. The Kier molecular flexibility index (Phi) is 6.51. The number of halogens is 3. The SMILES string of the molecule is Cc1cnc(N2C[C@@H](C)N(C(=O)OCCc3c[nH]c(=O)c(C(F)(F)F)c3)[C@H](C)C2)nc1. The normalized spacial score (nSPS) is 19.4. The number of rotatable bonds is 4. The topological polar surface area (TPSA) is 91.4 Å². The van der Waals surface area contributed by atoms with Crippen LogP contribution in [-0.4, -0.2) is 57.7 Å². The molecule has 8 nitrogen and oxygen atoms in total. The van der Waals surface area contributed by atoms with Crippen LogP contribution in [0.4, 0.5) is 23.9 Å². The van der Waals surface area contributed by atoms with Gasteiger partial charge in [-0.1, -0.05) is 0 Å². The molecular weight excluding hydrogens is 415 g/mol. The molecular formula is C20H24F3N5O3. The van der Waals surface area contributed by atoms with Crippen LogP contribution in [0.5, 0.6) is 0 Å². The zero-order chi connectivity index (χ0) is 22.8. The minimum atomic E-state index is -4.74. The molecule has 2 aromatic rings. The van der Waals surface area contributed by atoms with Gasteiger partial charge in [-0.3, -0.25) is 9.69 Å². The van der Waals surface area contributed by atoms with Crippen molar-refractivity contribution in [1.29, 1.82) is 0 Å². The van der Waals surface area contributed by atoms with E-state index in [0.29, 0.717) is 19.0 Å². The van der Waals surface area contributed by atoms with Gasteiger partial charge in [0.1, 0.15) is 5.56 Å². The first-order valence-corrected chi connectivity index (χ1v) is 9.83. The van der Waals surface area contributed by atoms with Gasteiger partial charge in [-0.25, -0.2) is 14.8 Å². The van der Waals surface area contributed by atoms with Crippen molar-refractivity contribution in [2.24, 2.45) is 0 Å². The summed E-state index contributed by atoms with van der Waals surface area (Å²) in [7, 11) is 0. The van der Waals surface area contributed by atoms with Crippen molar-refractivity contribution >= 4 is 12.0 Å². The van der Waals surface area contributed by atoms with Crippen LogP contribution in [0.2, 0.25) is 0 Å². The number of aromatic nitrogens is 3. The fraction of sp³-hybridized carbons (Fsp3) is 0.500. The second-order valence-electron chi connectivity index (χ2n) is 7.68. The minimum Gasteiger partial charge on any atom is -0.449 e. The molecule has 0 aromatic carbocycles. The van der Waals surface area contributed by atoms with Gasteiger partial charge in [0.25, 0.3) is 5.56 Å². The highest BCUT2D eigenvalue weighted by Gasteiger charge is 2.35. The summed E-state index contributed by atoms with van der Waals surface area (Å²) in [6.07, 6.45) is -0.572. The molecule has 0 unspecified atom stereocenters. The van der Waals surface area contributed by atoms with Crippen LogP contribution in [-0.2, 0) is 17.3 Å². The van der Waals surface area contributed by atoms with Crippen molar-refractivity contribution < 1.29 is 22.7 Å². The predicted octanol–water partition coefficient (Wildman–Crippen LogP) is 2.77. The Balaban J connectivity index is 1.57. The van der Waals surface area contributed by atoms with Gasteiger partial charge < -0.3 is 14.6 Å². The summed E-state index contributed by atoms with van der Waals surface area (Å²) in [6, 6.07) is 0.426. The van der Waals surface area contributed by atoms with E-state index in [1.807, 2.05) is 25.7 Å². The molecule has 168 valence electrons. The van der Waals surface area contributed by atoms with Crippen LogP contribution in [0, 0.1) is 6.92 Å². The second-order valence-corrected chi connectivity index (χ2v) is 7.68. The Labute approximate surface area is 177 Å². The van der Waals surface area contributed by atoms with E-state index in [-0.39, 0.29) is 30.7 Å². The van der Waals surface area contributed by atoms with E-state index >= 15 is 0 Å². The Morgan fingerprint density at radius 2 is 1.84 bits per heavy atom. The summed E-state index contributed by atoms with van der Waals surface area (Å²) in [4.78, 5) is 38.3. The fourth-order valence-corrected chi connectivity index (χ4v) is 3.61. The van der Waals surface area contributed by atoms with Crippen molar-refractivity contribution in [3.05, 3.63) is 51.7 Å². The third kappa shape index (κ3) is 5.33. The molecule has 1 fully saturated rings. The number of H-pyrrole nitrogens is 1. The van der Waals surface area contributed by atoms with E-state index in [2.05, 4.69) is 15.0 Å². The molecule has 1 aliphatic heterocycles. The van der Waals surface area contributed by atoms with E-state index in [9.17, 15) is 22.8 Å². The van der Waals surface area contributed by atoms with Crippen LogP contribution in [0.15, 0.2) is 29.5 Å². The summed E-state index contributed by atoms with van der Waals surface area (Å²) < 4.78 is 43.9. The van der Waals surface area contributed by atoms with Gasteiger partial charge in [0.15, 0.2) is 0 Å². The van der Waals surface area contributed by atoms with Crippen molar-refractivity contribution in [2.75, 3.05) is 24.6 Å². The highest BCUT2D eigenvalue weighted by atomic mass is 19.4. The largest absolute Gasteiger partial charge is 0.449 e. The lowest BCUT2D eigenvalue weighted by atomic mass is 10.1. The third-order valence-corrected chi connectivity index (χ3v) is 5.06. The van der Waals surface area contributed by atoms with Gasteiger partial charge in [-0.15, -0.1) is 0 Å². The molecule has 2 aromatic heterocycles. The standard InChI is InChI=1S/C20H24F3N5O3/c1-12-7-25-18(26-8-12)27-10-13(2)28(14(3)11-27)19(30)31-5-4-15-6-16(20(21,22)23)17(29)24-9-15/h6-9,13-14H,4-5,10-11H2,1-3H3,(H,24,29)/t13-,14-/m1/s1. The molecule has 31 heavy (non-hydrogen) atoms. The van der Waals surface area contributed by atoms with E-state index in [1.165, 1.54) is 6.20 Å². The maximum absolute atomic E-state index is 12.9. The number of aryl methyl sites for hydroxylation is 1. The number of hydrogen-bond acceptors (Lipinski definition) is 6. The van der Waals surface area contributed by atoms with Crippen LogP contribution in [0.1, 0.15) is 30.5 Å². The molecule has 1 amide bonds. The van der Waals surface area contributed by atoms with Crippen molar-refractivity contribution in [1.82, 2.24) is 19.9 Å². The maximum Gasteiger partial charge on any atom is 0.421 e. The number of ether oxygens (including phenoxy) is 1. The van der Waals surface area contributed by atoms with Crippen molar-refractivity contribution in [2.45, 2.75) is 45.5 Å². The Morgan fingerprint density at radius 3 is 2.42 bits per heavy atom. The molecule has 11 heteroatoms. The smallest absolute Gasteiger partial charge is 0.421 e. The van der Waals surface area contributed by atoms with Crippen molar-refractivity contribution in [3.63, 3.8) is 0 Å². The van der Waals surface area contributed by atoms with Gasteiger partial charge in [-0.05, 0) is 38.0 Å². The first-order valence-electron chi connectivity index (χ1n) is 9.83. The van der Waals surface area contributed by atoms with Gasteiger partial charge in [0.2, 0.25) is 5.95 Å². The zero-order valence-corrected chi connectivity index (χ0v) is 17.4. The number of aromatic amines is 1. The van der Waals surface area contributed by atoms with E-state index in [4.69, 9.17) is 4.74 Å². The zero-order valence-electron chi connectivity index (χ0n) is 17.4. The second kappa shape index (κ2) is 8.94. The Morgan fingerprint density at radius 1 is 1.23 bits per heavy atom. The quantitative estimate of drug-likeness (QED) is 0.788. The van der Waals surface area contributed by atoms with Gasteiger partial charge in [0.05, 0.1) is 18.7 Å². The van der Waals surface area contributed by atoms with E-state index < -0.39 is 23.4 Å². The summed E-state index contributed by atoms with van der Waals surface area (Å²) >= 11 is 0. The number of alkyl halides is 3. The van der Waals surface area contributed by atoms with Crippen LogP contribution >= 0.6 is 0 Å². The number of anilines is 1. The number of carbonyl (C=O) groups is 1. The molecule has 0 bridgehead atoms. The maximum atomic E-state index is 12.9. The molecule has 0 radical (unpaired) electrons. The molecule has 2 atom stereocenters. The number of carbonyl (C=O) groups excluding carboxylic acids is 1. The van der Waals surface area contributed by atoms with E-state index in [0.717, 1.165) is 11.6 Å². The molecule has 0 aliphatic carbocycles. The molecule has 0 spiro atoms. The number of nitrogens with one attached hydrogen (secondary N) is 1. The van der Waals surface area contributed by atoms with Crippen LogP contribution < -0.4 is 10.5 Å². The van der Waals surface area contributed by atoms with E-state index in [1.54, 1.807) is 17.3 Å². The van der Waals surface area contributed by atoms with Gasteiger partial charge >= 0.3 is 12.3 Å². The number of nitrogens with zero attached hydrogens (tertiary/aromatic N) is 4. The van der Waals surface area contributed by atoms with Crippen LogP contribution in [0.3, 0.4) is 0 Å². The number of piperazine rings is 1. The first-order chi connectivity index (χ1) is 14.6. The monoisotopic (exact) mass is 439 g/mol. The average molecular weight is 439 g/mol. The molecule has 3 heterocycles. The fourth-order valence-electron chi connectivity index (χ4n) is 3.61.